The monoisotopic (exact) mass is 356 g/mol. The van der Waals surface area contributed by atoms with Crippen LogP contribution >= 0.6 is 15.9 Å². The number of halogens is 1. The van der Waals surface area contributed by atoms with Gasteiger partial charge in [0.05, 0.1) is 11.7 Å². The van der Waals surface area contributed by atoms with Crippen LogP contribution in [0.4, 0.5) is 10.5 Å². The highest BCUT2D eigenvalue weighted by Crippen LogP contribution is 2.22. The minimum atomic E-state index is -1.06. The molecule has 0 atom stereocenters. The molecule has 1 aromatic carbocycles. The Balaban J connectivity index is 1.93. The van der Waals surface area contributed by atoms with Crippen molar-refractivity contribution < 1.29 is 19.8 Å². The number of amides is 2. The van der Waals surface area contributed by atoms with Crippen LogP contribution in [0.25, 0.3) is 0 Å². The molecule has 0 heterocycles. The number of urea groups is 1. The van der Waals surface area contributed by atoms with Gasteiger partial charge in [-0.15, -0.1) is 0 Å². The molecule has 1 aliphatic carbocycles. The molecule has 0 unspecified atom stereocenters. The molecule has 1 aromatic rings. The van der Waals surface area contributed by atoms with Crippen molar-refractivity contribution in [1.29, 1.82) is 0 Å². The number of aliphatic hydroxyl groups excluding tert-OH is 1. The van der Waals surface area contributed by atoms with Crippen LogP contribution in [0, 0.1) is 0 Å². The second kappa shape index (κ2) is 6.91. The first-order valence-corrected chi connectivity index (χ1v) is 7.53. The molecule has 7 heteroatoms. The first-order valence-electron chi connectivity index (χ1n) is 6.74. The number of carbonyl (C=O) groups excluding carboxylic acids is 1. The maximum Gasteiger partial charge on any atom is 0.336 e. The van der Waals surface area contributed by atoms with Crippen LogP contribution in [0.5, 0.6) is 0 Å². The summed E-state index contributed by atoms with van der Waals surface area (Å²) in [7, 11) is 0. The van der Waals surface area contributed by atoms with Gasteiger partial charge < -0.3 is 20.8 Å². The summed E-state index contributed by atoms with van der Waals surface area (Å²) in [5.41, 5.74) is 0.512. The second-order valence-corrected chi connectivity index (χ2v) is 5.96. The molecule has 0 aliphatic heterocycles. The Bertz CT molecular complexity index is 542. The zero-order valence-electron chi connectivity index (χ0n) is 11.3. The maximum absolute atomic E-state index is 11.9. The third-order valence-electron chi connectivity index (χ3n) is 3.49. The van der Waals surface area contributed by atoms with Crippen LogP contribution in [0.2, 0.25) is 0 Å². The zero-order valence-corrected chi connectivity index (χ0v) is 12.9. The molecule has 0 bridgehead atoms. The summed E-state index contributed by atoms with van der Waals surface area (Å²) < 4.78 is 0.460. The van der Waals surface area contributed by atoms with E-state index in [0.29, 0.717) is 23.0 Å². The molecule has 0 spiro atoms. The molecule has 1 aliphatic rings. The van der Waals surface area contributed by atoms with Crippen LogP contribution in [0.15, 0.2) is 22.7 Å². The predicted molar refractivity (Wildman–Crippen MR) is 81.5 cm³/mol. The number of hydrogen-bond donors (Lipinski definition) is 4. The Hall–Kier alpha value is -1.60. The van der Waals surface area contributed by atoms with Gasteiger partial charge in [-0.2, -0.15) is 0 Å². The van der Waals surface area contributed by atoms with Crippen molar-refractivity contribution in [3.63, 3.8) is 0 Å². The topological polar surface area (TPSA) is 98.7 Å². The standard InChI is InChI=1S/C14H17BrN2O4/c15-12-6-3-9(7-11(12)13(19)20)17-14(21)16-8-1-4-10(18)5-2-8/h3,6-8,10,18H,1-2,4-5H2,(H,19,20)(H2,16,17,21). The molecular weight excluding hydrogens is 340 g/mol. The van der Waals surface area contributed by atoms with Gasteiger partial charge in [0, 0.05) is 16.2 Å². The number of carboxylic acids is 1. The van der Waals surface area contributed by atoms with E-state index in [2.05, 4.69) is 26.6 Å². The number of carbonyl (C=O) groups is 2. The predicted octanol–water partition coefficient (Wildman–Crippen LogP) is 2.57. The number of aromatic carboxylic acids is 1. The Kier molecular flexibility index (Phi) is 5.19. The highest BCUT2D eigenvalue weighted by atomic mass is 79.9. The van der Waals surface area contributed by atoms with Gasteiger partial charge in [0.25, 0.3) is 0 Å². The van der Waals surface area contributed by atoms with Gasteiger partial charge in [-0.3, -0.25) is 0 Å². The van der Waals surface area contributed by atoms with E-state index in [9.17, 15) is 14.7 Å². The summed E-state index contributed by atoms with van der Waals surface area (Å²) in [6.07, 6.45) is 2.60. The molecule has 1 saturated carbocycles. The average molecular weight is 357 g/mol. The number of rotatable bonds is 3. The van der Waals surface area contributed by atoms with Crippen molar-refractivity contribution in [3.8, 4) is 0 Å². The van der Waals surface area contributed by atoms with Gasteiger partial charge in [-0.25, -0.2) is 9.59 Å². The van der Waals surface area contributed by atoms with Crippen molar-refractivity contribution >= 4 is 33.6 Å². The summed E-state index contributed by atoms with van der Waals surface area (Å²) in [5.74, 6) is -1.06. The van der Waals surface area contributed by atoms with Crippen LogP contribution in [-0.4, -0.2) is 34.4 Å². The maximum atomic E-state index is 11.9. The van der Waals surface area contributed by atoms with E-state index in [1.807, 2.05) is 0 Å². The lowest BCUT2D eigenvalue weighted by Crippen LogP contribution is -2.40. The molecule has 1 fully saturated rings. The van der Waals surface area contributed by atoms with E-state index in [-0.39, 0.29) is 23.7 Å². The van der Waals surface area contributed by atoms with Gasteiger partial charge >= 0.3 is 12.0 Å². The number of carboxylic acid groups (broad SMARTS) is 1. The normalized spacial score (nSPS) is 21.6. The molecule has 21 heavy (non-hydrogen) atoms. The zero-order chi connectivity index (χ0) is 15.4. The summed E-state index contributed by atoms with van der Waals surface area (Å²) in [4.78, 5) is 22.9. The van der Waals surface area contributed by atoms with E-state index in [0.717, 1.165) is 12.8 Å². The first kappa shape index (κ1) is 15.8. The number of anilines is 1. The summed E-state index contributed by atoms with van der Waals surface area (Å²) in [6.45, 7) is 0. The molecule has 2 amide bonds. The largest absolute Gasteiger partial charge is 0.478 e. The summed E-state index contributed by atoms with van der Waals surface area (Å²) in [5, 5.41) is 23.9. The van der Waals surface area contributed by atoms with E-state index in [4.69, 9.17) is 5.11 Å². The fraction of sp³-hybridized carbons (Fsp3) is 0.429. The Morgan fingerprint density at radius 2 is 1.86 bits per heavy atom. The van der Waals surface area contributed by atoms with E-state index in [1.54, 1.807) is 12.1 Å². The minimum Gasteiger partial charge on any atom is -0.478 e. The molecule has 0 radical (unpaired) electrons. The van der Waals surface area contributed by atoms with E-state index in [1.165, 1.54) is 6.07 Å². The van der Waals surface area contributed by atoms with Gasteiger partial charge in [-0.05, 0) is 59.8 Å². The van der Waals surface area contributed by atoms with Crippen LogP contribution in [0.3, 0.4) is 0 Å². The Morgan fingerprint density at radius 3 is 2.48 bits per heavy atom. The van der Waals surface area contributed by atoms with Crippen LogP contribution in [-0.2, 0) is 0 Å². The lowest BCUT2D eigenvalue weighted by molar-refractivity contribution is 0.0696. The SMILES string of the molecule is O=C(Nc1ccc(Br)c(C(=O)O)c1)NC1CCC(O)CC1. The fourth-order valence-electron chi connectivity index (χ4n) is 2.34. The molecule has 6 nitrogen and oxygen atoms in total. The van der Waals surface area contributed by atoms with Crippen LogP contribution in [0.1, 0.15) is 36.0 Å². The Morgan fingerprint density at radius 1 is 1.19 bits per heavy atom. The van der Waals surface area contributed by atoms with Gasteiger partial charge in [0.1, 0.15) is 0 Å². The van der Waals surface area contributed by atoms with Crippen molar-refractivity contribution in [1.82, 2.24) is 5.32 Å². The van der Waals surface area contributed by atoms with Gasteiger partial charge in [0.2, 0.25) is 0 Å². The number of nitrogens with one attached hydrogen (secondary N) is 2. The average Bonchev–Trinajstić information content (AvgIpc) is 2.43. The van der Waals surface area contributed by atoms with E-state index < -0.39 is 5.97 Å². The number of hydrogen-bond acceptors (Lipinski definition) is 3. The van der Waals surface area contributed by atoms with Gasteiger partial charge in [0.15, 0.2) is 0 Å². The number of benzene rings is 1. The molecule has 0 aromatic heterocycles. The third kappa shape index (κ3) is 4.44. The van der Waals surface area contributed by atoms with Crippen molar-refractivity contribution in [2.75, 3.05) is 5.32 Å². The quantitative estimate of drug-likeness (QED) is 0.668. The third-order valence-corrected chi connectivity index (χ3v) is 4.18. The van der Waals surface area contributed by atoms with E-state index >= 15 is 0 Å². The summed E-state index contributed by atoms with van der Waals surface area (Å²) in [6, 6.07) is 4.28. The number of aliphatic hydroxyl groups is 1. The van der Waals surface area contributed by atoms with Crippen molar-refractivity contribution in [3.05, 3.63) is 28.2 Å². The lowest BCUT2D eigenvalue weighted by atomic mass is 9.93. The smallest absolute Gasteiger partial charge is 0.336 e. The van der Waals surface area contributed by atoms with Crippen molar-refractivity contribution in [2.24, 2.45) is 0 Å². The van der Waals surface area contributed by atoms with Crippen LogP contribution < -0.4 is 10.6 Å². The highest BCUT2D eigenvalue weighted by molar-refractivity contribution is 9.10. The lowest BCUT2D eigenvalue weighted by Gasteiger charge is -2.26. The van der Waals surface area contributed by atoms with Crippen molar-refractivity contribution in [2.45, 2.75) is 37.8 Å². The summed E-state index contributed by atoms with van der Waals surface area (Å²) >= 11 is 3.15. The highest BCUT2D eigenvalue weighted by Gasteiger charge is 2.20. The molecule has 0 saturated heterocycles. The minimum absolute atomic E-state index is 0.0443. The molecule has 2 rings (SSSR count). The Labute approximate surface area is 130 Å². The second-order valence-electron chi connectivity index (χ2n) is 5.10. The fourth-order valence-corrected chi connectivity index (χ4v) is 2.76. The molecular formula is C14H17BrN2O4. The molecule has 4 N–H and O–H groups in total. The first-order chi connectivity index (χ1) is 9.95. The van der Waals surface area contributed by atoms with Gasteiger partial charge in [-0.1, -0.05) is 0 Å². The molecule has 114 valence electrons.